The fourth-order valence-corrected chi connectivity index (χ4v) is 1.12. The zero-order chi connectivity index (χ0) is 13.1. The average Bonchev–Trinajstić information content (AvgIpc) is 2.13. The summed E-state index contributed by atoms with van der Waals surface area (Å²) in [4.78, 5) is 29.3. The van der Waals surface area contributed by atoms with Gasteiger partial charge in [-0.25, -0.2) is 9.78 Å². The third-order valence-corrected chi connectivity index (χ3v) is 1.82. The Bertz CT molecular complexity index is 460. The predicted octanol–water partition coefficient (Wildman–Crippen LogP) is 1.10. The number of aromatic nitrogens is 2. The lowest BCUT2D eigenvalue weighted by atomic mass is 10.2. The van der Waals surface area contributed by atoms with Crippen LogP contribution in [0, 0.1) is 6.92 Å². The molecule has 1 heterocycles. The lowest BCUT2D eigenvalue weighted by molar-refractivity contribution is 0.0523. The number of alkyl carbamates (subject to hydrolysis) is 1. The van der Waals surface area contributed by atoms with Gasteiger partial charge < -0.3 is 15.0 Å². The van der Waals surface area contributed by atoms with Gasteiger partial charge in [0.2, 0.25) is 0 Å². The highest BCUT2D eigenvalue weighted by molar-refractivity contribution is 5.67. The van der Waals surface area contributed by atoms with Gasteiger partial charge in [-0.1, -0.05) is 0 Å². The van der Waals surface area contributed by atoms with E-state index in [1.165, 1.54) is 6.20 Å². The van der Waals surface area contributed by atoms with Crippen LogP contribution in [0.25, 0.3) is 0 Å². The fraction of sp³-hybridized carbons (Fsp3) is 0.545. The lowest BCUT2D eigenvalue weighted by Gasteiger charge is -2.19. The highest BCUT2D eigenvalue weighted by Gasteiger charge is 2.16. The first-order valence-corrected chi connectivity index (χ1v) is 5.29. The van der Waals surface area contributed by atoms with Gasteiger partial charge in [-0.3, -0.25) is 4.79 Å². The number of ether oxygens (including phenoxy) is 1. The molecule has 94 valence electrons. The summed E-state index contributed by atoms with van der Waals surface area (Å²) in [5.74, 6) is 0.538. The van der Waals surface area contributed by atoms with Crippen molar-refractivity contribution in [2.75, 3.05) is 0 Å². The molecule has 1 aromatic rings. The number of H-pyrrole nitrogens is 1. The Balaban J connectivity index is 2.56. The molecule has 6 heteroatoms. The second kappa shape index (κ2) is 4.99. The van der Waals surface area contributed by atoms with E-state index in [-0.39, 0.29) is 12.1 Å². The Morgan fingerprint density at radius 2 is 2.18 bits per heavy atom. The predicted molar refractivity (Wildman–Crippen MR) is 62.7 cm³/mol. The van der Waals surface area contributed by atoms with Gasteiger partial charge in [0, 0.05) is 6.20 Å². The van der Waals surface area contributed by atoms with Crippen molar-refractivity contribution in [2.24, 2.45) is 0 Å². The first-order valence-electron chi connectivity index (χ1n) is 5.29. The van der Waals surface area contributed by atoms with Gasteiger partial charge in [0.15, 0.2) is 0 Å². The van der Waals surface area contributed by atoms with E-state index in [4.69, 9.17) is 4.74 Å². The lowest BCUT2D eigenvalue weighted by Crippen LogP contribution is -2.33. The van der Waals surface area contributed by atoms with Crippen LogP contribution in [-0.4, -0.2) is 21.7 Å². The first-order chi connectivity index (χ1) is 7.78. The number of carbonyl (C=O) groups is 1. The quantitative estimate of drug-likeness (QED) is 0.809. The van der Waals surface area contributed by atoms with Crippen LogP contribution in [0.15, 0.2) is 11.0 Å². The standard InChI is InChI=1S/C11H17N3O3/c1-7-12-5-8(9(15)14-7)6-13-10(16)17-11(2,3)4/h5H,6H2,1-4H3,(H,13,16)(H,12,14,15). The fourth-order valence-electron chi connectivity index (χ4n) is 1.12. The minimum Gasteiger partial charge on any atom is -0.444 e. The van der Waals surface area contributed by atoms with Gasteiger partial charge in [0.05, 0.1) is 12.1 Å². The first kappa shape index (κ1) is 13.2. The molecule has 1 rings (SSSR count). The topological polar surface area (TPSA) is 84.1 Å². The number of nitrogens with zero attached hydrogens (tertiary/aromatic N) is 1. The van der Waals surface area contributed by atoms with Crippen molar-refractivity contribution in [3.63, 3.8) is 0 Å². The van der Waals surface area contributed by atoms with Crippen molar-refractivity contribution in [2.45, 2.75) is 39.8 Å². The smallest absolute Gasteiger partial charge is 0.407 e. The molecule has 2 N–H and O–H groups in total. The van der Waals surface area contributed by atoms with Crippen molar-refractivity contribution in [3.05, 3.63) is 27.9 Å². The van der Waals surface area contributed by atoms with E-state index in [1.807, 2.05) is 0 Å². The summed E-state index contributed by atoms with van der Waals surface area (Å²) in [6.07, 6.45) is 0.878. The summed E-state index contributed by atoms with van der Waals surface area (Å²) in [6.45, 7) is 7.09. The number of hydrogen-bond donors (Lipinski definition) is 2. The van der Waals surface area contributed by atoms with E-state index in [0.29, 0.717) is 11.4 Å². The molecule has 0 saturated carbocycles. The SMILES string of the molecule is Cc1ncc(CNC(=O)OC(C)(C)C)c(=O)[nH]1. The van der Waals surface area contributed by atoms with E-state index >= 15 is 0 Å². The summed E-state index contributed by atoms with van der Waals surface area (Å²) < 4.78 is 5.04. The molecular weight excluding hydrogens is 222 g/mol. The largest absolute Gasteiger partial charge is 0.444 e. The summed E-state index contributed by atoms with van der Waals surface area (Å²) in [5.41, 5.74) is -0.419. The Morgan fingerprint density at radius 3 is 2.71 bits per heavy atom. The van der Waals surface area contributed by atoms with Crippen LogP contribution < -0.4 is 10.9 Å². The van der Waals surface area contributed by atoms with E-state index in [0.717, 1.165) is 0 Å². The summed E-state index contributed by atoms with van der Waals surface area (Å²) in [6, 6.07) is 0. The van der Waals surface area contributed by atoms with E-state index in [1.54, 1.807) is 27.7 Å². The molecule has 0 saturated heterocycles. The zero-order valence-electron chi connectivity index (χ0n) is 10.5. The van der Waals surface area contributed by atoms with Crippen LogP contribution >= 0.6 is 0 Å². The molecule has 0 aromatic carbocycles. The number of rotatable bonds is 2. The second-order valence-corrected chi connectivity index (χ2v) is 4.68. The number of aryl methyl sites for hydroxylation is 1. The van der Waals surface area contributed by atoms with Crippen LogP contribution in [0.1, 0.15) is 32.2 Å². The third-order valence-electron chi connectivity index (χ3n) is 1.82. The van der Waals surface area contributed by atoms with E-state index < -0.39 is 11.7 Å². The van der Waals surface area contributed by atoms with E-state index in [9.17, 15) is 9.59 Å². The number of nitrogens with one attached hydrogen (secondary N) is 2. The van der Waals surface area contributed by atoms with Gasteiger partial charge in [0.25, 0.3) is 5.56 Å². The molecule has 1 amide bonds. The second-order valence-electron chi connectivity index (χ2n) is 4.68. The molecule has 0 aliphatic carbocycles. The molecule has 1 aromatic heterocycles. The van der Waals surface area contributed by atoms with Crippen molar-refractivity contribution < 1.29 is 9.53 Å². The van der Waals surface area contributed by atoms with Crippen LogP contribution in [0.5, 0.6) is 0 Å². The van der Waals surface area contributed by atoms with Crippen LogP contribution in [-0.2, 0) is 11.3 Å². The molecule has 0 fully saturated rings. The van der Waals surface area contributed by atoms with Gasteiger partial charge >= 0.3 is 6.09 Å². The number of aromatic amines is 1. The molecular formula is C11H17N3O3. The Labute approximate surface area is 99.4 Å². The molecule has 0 aliphatic rings. The molecule has 17 heavy (non-hydrogen) atoms. The maximum absolute atomic E-state index is 11.5. The van der Waals surface area contributed by atoms with Crippen LogP contribution in [0.4, 0.5) is 4.79 Å². The molecule has 0 unspecified atom stereocenters. The Kier molecular flexibility index (Phi) is 3.88. The van der Waals surface area contributed by atoms with Gasteiger partial charge in [-0.2, -0.15) is 0 Å². The minimum absolute atomic E-state index is 0.0948. The zero-order valence-corrected chi connectivity index (χ0v) is 10.5. The van der Waals surface area contributed by atoms with Crippen molar-refractivity contribution in [1.29, 1.82) is 0 Å². The minimum atomic E-state index is -0.558. The van der Waals surface area contributed by atoms with Crippen LogP contribution in [0.3, 0.4) is 0 Å². The molecule has 6 nitrogen and oxygen atoms in total. The Morgan fingerprint density at radius 1 is 1.53 bits per heavy atom. The van der Waals surface area contributed by atoms with E-state index in [2.05, 4.69) is 15.3 Å². The Hall–Kier alpha value is -1.85. The molecule has 0 spiro atoms. The van der Waals surface area contributed by atoms with Crippen molar-refractivity contribution in [1.82, 2.24) is 15.3 Å². The summed E-state index contributed by atoms with van der Waals surface area (Å²) in [5, 5.41) is 2.49. The molecule has 0 radical (unpaired) electrons. The maximum atomic E-state index is 11.5. The normalized spacial score (nSPS) is 11.1. The monoisotopic (exact) mass is 239 g/mol. The van der Waals surface area contributed by atoms with Crippen molar-refractivity contribution in [3.8, 4) is 0 Å². The number of amides is 1. The van der Waals surface area contributed by atoms with Gasteiger partial charge in [0.1, 0.15) is 11.4 Å². The molecule has 0 bridgehead atoms. The number of carbonyl (C=O) groups excluding carboxylic acids is 1. The molecule has 0 atom stereocenters. The van der Waals surface area contributed by atoms with Gasteiger partial charge in [-0.05, 0) is 27.7 Å². The average molecular weight is 239 g/mol. The summed E-state index contributed by atoms with van der Waals surface area (Å²) in [7, 11) is 0. The van der Waals surface area contributed by atoms with Crippen LogP contribution in [0.2, 0.25) is 0 Å². The molecule has 0 aliphatic heterocycles. The van der Waals surface area contributed by atoms with Crippen molar-refractivity contribution >= 4 is 6.09 Å². The highest BCUT2D eigenvalue weighted by Crippen LogP contribution is 2.06. The highest BCUT2D eigenvalue weighted by atomic mass is 16.6. The summed E-state index contributed by atoms with van der Waals surface area (Å²) >= 11 is 0. The third kappa shape index (κ3) is 4.67. The van der Waals surface area contributed by atoms with Gasteiger partial charge in [-0.15, -0.1) is 0 Å². The maximum Gasteiger partial charge on any atom is 0.407 e. The number of hydrogen-bond acceptors (Lipinski definition) is 4.